The average molecular weight is 389 g/mol. The molecule has 4 amide bonds. The van der Waals surface area contributed by atoms with Crippen LogP contribution in [0.2, 0.25) is 0 Å². The Kier molecular flexibility index (Phi) is 5.72. The number of halogens is 1. The van der Waals surface area contributed by atoms with Gasteiger partial charge in [-0.05, 0) is 55.7 Å². The minimum atomic E-state index is -0.844. The summed E-state index contributed by atoms with van der Waals surface area (Å²) >= 11 is 0. The number of hydrogen-bond acceptors (Lipinski definition) is 3. The van der Waals surface area contributed by atoms with Crippen LogP contribution in [0.1, 0.15) is 57.6 Å². The largest absolute Gasteiger partial charge is 0.337 e. The number of benzene rings is 1. The van der Waals surface area contributed by atoms with Crippen molar-refractivity contribution in [2.75, 3.05) is 13.6 Å². The summed E-state index contributed by atoms with van der Waals surface area (Å²) in [6.45, 7) is 3.80. The van der Waals surface area contributed by atoms with Crippen molar-refractivity contribution in [1.29, 1.82) is 0 Å². The van der Waals surface area contributed by atoms with Gasteiger partial charge in [0.1, 0.15) is 17.9 Å². The zero-order chi connectivity index (χ0) is 20.5. The quantitative estimate of drug-likeness (QED) is 0.786. The summed E-state index contributed by atoms with van der Waals surface area (Å²) in [6, 6.07) is 5.29. The highest BCUT2D eigenvalue weighted by molar-refractivity contribution is 6.09. The van der Waals surface area contributed by atoms with Crippen LogP contribution < -0.4 is 5.32 Å². The Labute approximate surface area is 165 Å². The smallest absolute Gasteiger partial charge is 0.325 e. The highest BCUT2D eigenvalue weighted by Crippen LogP contribution is 2.36. The lowest BCUT2D eigenvalue weighted by Crippen LogP contribution is -2.50. The predicted molar refractivity (Wildman–Crippen MR) is 103 cm³/mol. The third kappa shape index (κ3) is 3.75. The Bertz CT molecular complexity index is 757. The second kappa shape index (κ2) is 7.89. The summed E-state index contributed by atoms with van der Waals surface area (Å²) < 4.78 is 13.2. The van der Waals surface area contributed by atoms with Crippen molar-refractivity contribution in [2.24, 2.45) is 5.92 Å². The number of nitrogens with one attached hydrogen (secondary N) is 1. The van der Waals surface area contributed by atoms with Crippen molar-refractivity contribution >= 4 is 17.8 Å². The van der Waals surface area contributed by atoms with Crippen LogP contribution in [0.5, 0.6) is 0 Å². The third-order valence-corrected chi connectivity index (χ3v) is 6.17. The Morgan fingerprint density at radius 3 is 2.46 bits per heavy atom. The van der Waals surface area contributed by atoms with E-state index in [-0.39, 0.29) is 30.2 Å². The Hall–Kier alpha value is -2.44. The highest BCUT2D eigenvalue weighted by atomic mass is 19.1. The van der Waals surface area contributed by atoms with E-state index in [1.54, 1.807) is 19.2 Å². The van der Waals surface area contributed by atoms with Gasteiger partial charge in [-0.15, -0.1) is 0 Å². The van der Waals surface area contributed by atoms with Gasteiger partial charge in [0.05, 0.1) is 6.04 Å². The molecule has 1 spiro atoms. The molecule has 1 saturated carbocycles. The van der Waals surface area contributed by atoms with Gasteiger partial charge in [-0.3, -0.25) is 14.5 Å². The molecule has 3 rings (SSSR count). The van der Waals surface area contributed by atoms with Gasteiger partial charge in [-0.2, -0.15) is 0 Å². The maximum atomic E-state index is 13.2. The molecule has 152 valence electrons. The van der Waals surface area contributed by atoms with Crippen LogP contribution in [-0.4, -0.2) is 46.8 Å². The normalized spacial score (nSPS) is 25.7. The molecule has 1 atom stereocenters. The molecule has 28 heavy (non-hydrogen) atoms. The van der Waals surface area contributed by atoms with E-state index >= 15 is 0 Å². The fraction of sp³-hybridized carbons (Fsp3) is 0.571. The van der Waals surface area contributed by atoms with E-state index in [1.807, 2.05) is 6.92 Å². The van der Waals surface area contributed by atoms with Gasteiger partial charge in [0, 0.05) is 7.05 Å². The predicted octanol–water partition coefficient (Wildman–Crippen LogP) is 3.24. The summed E-state index contributed by atoms with van der Waals surface area (Å²) in [5, 5.41) is 2.84. The number of nitrogens with zero attached hydrogens (tertiary/aromatic N) is 2. The zero-order valence-corrected chi connectivity index (χ0v) is 16.7. The third-order valence-electron chi connectivity index (χ3n) is 6.17. The van der Waals surface area contributed by atoms with E-state index in [9.17, 15) is 18.8 Å². The number of imide groups is 1. The molecule has 6 nitrogen and oxygen atoms in total. The number of hydrogen-bond donors (Lipinski definition) is 1. The maximum Gasteiger partial charge on any atom is 0.325 e. The fourth-order valence-electron chi connectivity index (χ4n) is 4.25. The minimum Gasteiger partial charge on any atom is -0.337 e. The van der Waals surface area contributed by atoms with Crippen LogP contribution in [0.3, 0.4) is 0 Å². The first-order chi connectivity index (χ1) is 13.3. The molecule has 2 aliphatic rings. The first kappa shape index (κ1) is 20.3. The lowest BCUT2D eigenvalue weighted by atomic mass is 9.77. The highest BCUT2D eigenvalue weighted by Gasteiger charge is 2.52. The van der Waals surface area contributed by atoms with Crippen LogP contribution in [0.25, 0.3) is 0 Å². The van der Waals surface area contributed by atoms with Crippen LogP contribution in [-0.2, 0) is 9.59 Å². The van der Waals surface area contributed by atoms with Crippen molar-refractivity contribution < 1.29 is 18.8 Å². The summed E-state index contributed by atoms with van der Waals surface area (Å²) in [5.74, 6) is -0.404. The fourth-order valence-corrected chi connectivity index (χ4v) is 4.25. The number of urea groups is 1. The molecule has 0 radical (unpaired) electrons. The molecule has 0 bridgehead atoms. The van der Waals surface area contributed by atoms with Crippen LogP contribution in [0.4, 0.5) is 9.18 Å². The number of amides is 4. The second-order valence-corrected chi connectivity index (χ2v) is 8.07. The molecule has 1 saturated heterocycles. The summed E-state index contributed by atoms with van der Waals surface area (Å²) in [6.07, 6.45) is 3.64. The van der Waals surface area contributed by atoms with Crippen molar-refractivity contribution in [3.8, 4) is 0 Å². The topological polar surface area (TPSA) is 69.7 Å². The Morgan fingerprint density at radius 1 is 1.29 bits per heavy atom. The van der Waals surface area contributed by atoms with Gasteiger partial charge < -0.3 is 10.2 Å². The first-order valence-electron chi connectivity index (χ1n) is 9.92. The number of rotatable bonds is 5. The molecule has 0 unspecified atom stereocenters. The summed E-state index contributed by atoms with van der Waals surface area (Å²) in [4.78, 5) is 40.8. The van der Waals surface area contributed by atoms with Crippen molar-refractivity contribution in [2.45, 2.75) is 57.5 Å². The second-order valence-electron chi connectivity index (χ2n) is 8.07. The van der Waals surface area contributed by atoms with Crippen molar-refractivity contribution in [3.05, 3.63) is 35.6 Å². The zero-order valence-electron chi connectivity index (χ0n) is 16.7. The van der Waals surface area contributed by atoms with E-state index in [1.165, 1.54) is 17.0 Å². The molecule has 7 heteroatoms. The van der Waals surface area contributed by atoms with Gasteiger partial charge >= 0.3 is 6.03 Å². The van der Waals surface area contributed by atoms with Crippen molar-refractivity contribution in [1.82, 2.24) is 15.1 Å². The van der Waals surface area contributed by atoms with E-state index in [2.05, 4.69) is 12.2 Å². The van der Waals surface area contributed by atoms with Gasteiger partial charge in [-0.1, -0.05) is 26.0 Å². The van der Waals surface area contributed by atoms with E-state index in [0.717, 1.165) is 23.3 Å². The van der Waals surface area contributed by atoms with Gasteiger partial charge in [0.25, 0.3) is 5.91 Å². The molecule has 1 N–H and O–H groups in total. The number of carbonyl (C=O) groups is 3. The average Bonchev–Trinajstić information content (AvgIpc) is 2.90. The molecule has 1 aliphatic carbocycles. The molecule has 2 fully saturated rings. The molecular formula is C21H28FN3O3. The monoisotopic (exact) mass is 389 g/mol. The number of likely N-dealkylation sites (N-methyl/N-ethyl adjacent to an activating group) is 1. The molecule has 0 aromatic heterocycles. The first-order valence-corrected chi connectivity index (χ1v) is 9.92. The van der Waals surface area contributed by atoms with E-state index in [0.29, 0.717) is 25.2 Å². The molecule has 1 aromatic rings. The van der Waals surface area contributed by atoms with Crippen LogP contribution in [0.15, 0.2) is 24.3 Å². The minimum absolute atomic E-state index is 0.252. The molecular weight excluding hydrogens is 361 g/mol. The Morgan fingerprint density at radius 2 is 1.89 bits per heavy atom. The Balaban J connectivity index is 1.70. The number of carbonyl (C=O) groups excluding carboxylic acids is 3. The maximum absolute atomic E-state index is 13.2. The van der Waals surface area contributed by atoms with Crippen molar-refractivity contribution in [3.63, 3.8) is 0 Å². The van der Waals surface area contributed by atoms with Gasteiger partial charge in [0.2, 0.25) is 5.91 Å². The van der Waals surface area contributed by atoms with E-state index < -0.39 is 11.6 Å². The summed E-state index contributed by atoms with van der Waals surface area (Å²) in [7, 11) is 1.65. The van der Waals surface area contributed by atoms with Gasteiger partial charge in [-0.25, -0.2) is 9.18 Å². The van der Waals surface area contributed by atoms with E-state index in [4.69, 9.17) is 0 Å². The van der Waals surface area contributed by atoms with Crippen LogP contribution >= 0.6 is 0 Å². The molecule has 1 heterocycles. The lowest BCUT2D eigenvalue weighted by molar-refractivity contribution is -0.140. The van der Waals surface area contributed by atoms with Crippen LogP contribution in [0, 0.1) is 11.7 Å². The SMILES string of the molecule is CC[C@H](c1ccc(F)cc1)N(C)C(=O)CN1C(=O)NC2(CCC(C)CC2)C1=O. The lowest BCUT2D eigenvalue weighted by Gasteiger charge is -2.33. The molecule has 1 aliphatic heterocycles. The molecule has 1 aromatic carbocycles. The standard InChI is InChI=1S/C21H28FN3O3/c1-4-17(15-5-7-16(22)8-6-15)24(3)18(26)13-25-19(27)21(23-20(25)28)11-9-14(2)10-12-21/h5-8,14,17H,4,9-13H2,1-3H3,(H,23,28)/t14?,17-,21?/m1/s1. The summed E-state index contributed by atoms with van der Waals surface area (Å²) in [5.41, 5.74) is -0.0292. The van der Waals surface area contributed by atoms with Gasteiger partial charge in [0.15, 0.2) is 0 Å².